The molecule has 1 aliphatic rings. The van der Waals surface area contributed by atoms with E-state index in [1.54, 1.807) is 12.4 Å². The minimum Gasteiger partial charge on any atom is -0.489 e. The summed E-state index contributed by atoms with van der Waals surface area (Å²) in [6, 6.07) is 14.3. The van der Waals surface area contributed by atoms with Crippen molar-refractivity contribution < 1.29 is 9.47 Å². The van der Waals surface area contributed by atoms with Gasteiger partial charge in [-0.1, -0.05) is 44.9 Å². The van der Waals surface area contributed by atoms with E-state index >= 15 is 0 Å². The predicted octanol–water partition coefficient (Wildman–Crippen LogP) is 5.32. The summed E-state index contributed by atoms with van der Waals surface area (Å²) in [6.07, 6.45) is 7.95. The molecule has 4 rings (SSSR count). The van der Waals surface area contributed by atoms with E-state index in [1.807, 2.05) is 12.1 Å². The van der Waals surface area contributed by atoms with Crippen LogP contribution in [0.15, 0.2) is 54.9 Å². The van der Waals surface area contributed by atoms with Gasteiger partial charge in [-0.15, -0.1) is 0 Å². The van der Waals surface area contributed by atoms with Crippen molar-refractivity contribution >= 4 is 17.3 Å². The third-order valence-electron chi connectivity index (χ3n) is 6.01. The first-order valence-corrected chi connectivity index (χ1v) is 12.3. The van der Waals surface area contributed by atoms with Crippen LogP contribution in [0.2, 0.25) is 0 Å². The van der Waals surface area contributed by atoms with Crippen LogP contribution in [-0.2, 0) is 6.42 Å². The molecule has 0 aliphatic carbocycles. The van der Waals surface area contributed by atoms with E-state index in [1.165, 1.54) is 18.4 Å². The molecule has 2 heterocycles. The molecule has 0 fully saturated rings. The summed E-state index contributed by atoms with van der Waals surface area (Å²) >= 11 is 0. The van der Waals surface area contributed by atoms with Gasteiger partial charge < -0.3 is 25.0 Å². The second kappa shape index (κ2) is 11.7. The molecule has 0 radical (unpaired) electrons. The van der Waals surface area contributed by atoms with E-state index in [9.17, 15) is 0 Å². The van der Waals surface area contributed by atoms with Crippen LogP contribution in [0.5, 0.6) is 17.2 Å². The zero-order chi connectivity index (χ0) is 23.8. The molecule has 0 unspecified atom stereocenters. The Kier molecular flexibility index (Phi) is 8.20. The molecule has 0 saturated heterocycles. The smallest absolute Gasteiger partial charge is 0.230 e. The number of benzene rings is 2. The van der Waals surface area contributed by atoms with Gasteiger partial charge >= 0.3 is 0 Å². The summed E-state index contributed by atoms with van der Waals surface area (Å²) in [7, 11) is 0. The number of para-hydroxylation sites is 1. The molecule has 0 saturated carbocycles. The number of hydrogen-bond donors (Lipinski definition) is 1. The Morgan fingerprint density at radius 3 is 2.62 bits per heavy atom. The van der Waals surface area contributed by atoms with Gasteiger partial charge in [0, 0.05) is 31.4 Å². The average Bonchev–Trinajstić information content (AvgIpc) is 2.88. The van der Waals surface area contributed by atoms with Crippen LogP contribution in [0.3, 0.4) is 0 Å². The monoisotopic (exact) mass is 461 g/mol. The largest absolute Gasteiger partial charge is 0.489 e. The summed E-state index contributed by atoms with van der Waals surface area (Å²) < 4.78 is 12.0. The van der Waals surface area contributed by atoms with E-state index in [4.69, 9.17) is 15.2 Å². The van der Waals surface area contributed by atoms with E-state index in [-0.39, 0.29) is 0 Å². The lowest BCUT2D eigenvalue weighted by Crippen LogP contribution is -2.30. The molecule has 0 bridgehead atoms. The van der Waals surface area contributed by atoms with Gasteiger partial charge in [-0.25, -0.2) is 9.97 Å². The number of nitrogens with two attached hydrogens (primary N) is 1. The van der Waals surface area contributed by atoms with Crippen LogP contribution in [0.25, 0.3) is 0 Å². The van der Waals surface area contributed by atoms with Gasteiger partial charge in [-0.3, -0.25) is 0 Å². The lowest BCUT2D eigenvalue weighted by atomic mass is 10.1. The molecular weight excluding hydrogens is 426 g/mol. The highest BCUT2D eigenvalue weighted by Crippen LogP contribution is 2.38. The molecule has 2 N–H and O–H groups in total. The lowest BCUT2D eigenvalue weighted by molar-refractivity contribution is 0.310. The number of aromatic nitrogens is 2. The van der Waals surface area contributed by atoms with Crippen LogP contribution in [0, 0.1) is 0 Å². The zero-order valence-electron chi connectivity index (χ0n) is 20.2. The average molecular weight is 462 g/mol. The van der Waals surface area contributed by atoms with Crippen LogP contribution in [0.4, 0.5) is 17.3 Å². The molecule has 180 valence electrons. The highest BCUT2D eigenvalue weighted by atomic mass is 16.5. The quantitative estimate of drug-likeness (QED) is 0.387. The molecule has 2 aromatic carbocycles. The number of unbranched alkanes of at least 4 members (excludes halogenated alkanes) is 2. The number of ether oxygens (including phenoxy) is 2. The third-order valence-corrected chi connectivity index (χ3v) is 6.01. The zero-order valence-corrected chi connectivity index (χ0v) is 20.2. The standard InChI is InChI=1S/C27H35N5O2/c1-3-5-6-14-31(15-13-28)22-10-8-11-23(18-22)34-24-19-29-27(30-20-24)32-16-17-33-26-21(4-2)9-7-12-25(26)32/h7-12,18-20H,3-6,13-17,28H2,1-2H3. The first-order valence-electron chi connectivity index (χ1n) is 12.3. The fraction of sp³-hybridized carbons (Fsp3) is 0.407. The van der Waals surface area contributed by atoms with Crippen molar-refractivity contribution in [3.8, 4) is 17.2 Å². The van der Waals surface area contributed by atoms with E-state index in [0.29, 0.717) is 31.4 Å². The lowest BCUT2D eigenvalue weighted by Gasteiger charge is -2.30. The fourth-order valence-electron chi connectivity index (χ4n) is 4.26. The van der Waals surface area contributed by atoms with Gasteiger partial charge in [-0.2, -0.15) is 0 Å². The highest BCUT2D eigenvalue weighted by molar-refractivity contribution is 5.69. The first kappa shape index (κ1) is 23.8. The van der Waals surface area contributed by atoms with E-state index in [2.05, 4.69) is 63.9 Å². The maximum Gasteiger partial charge on any atom is 0.230 e. The maximum atomic E-state index is 6.10. The molecule has 1 aliphatic heterocycles. The number of hydrogen-bond acceptors (Lipinski definition) is 7. The van der Waals surface area contributed by atoms with Gasteiger partial charge in [-0.05, 0) is 36.6 Å². The summed E-state index contributed by atoms with van der Waals surface area (Å²) in [4.78, 5) is 13.6. The minimum absolute atomic E-state index is 0.605. The van der Waals surface area contributed by atoms with Crippen molar-refractivity contribution in [1.29, 1.82) is 0 Å². The second-order valence-electron chi connectivity index (χ2n) is 8.42. The van der Waals surface area contributed by atoms with Gasteiger partial charge in [0.1, 0.15) is 18.1 Å². The van der Waals surface area contributed by atoms with Crippen LogP contribution >= 0.6 is 0 Å². The SMILES string of the molecule is CCCCCN(CCN)c1cccc(Oc2cnc(N3CCOc4c(CC)cccc43)nc2)c1. The number of fused-ring (bicyclic) bond motifs is 1. The Morgan fingerprint density at radius 2 is 1.85 bits per heavy atom. The molecule has 7 heteroatoms. The Labute approximate surface area is 202 Å². The summed E-state index contributed by atoms with van der Waals surface area (Å²) in [5, 5.41) is 0. The number of nitrogens with zero attached hydrogens (tertiary/aromatic N) is 4. The topological polar surface area (TPSA) is 76.7 Å². The van der Waals surface area contributed by atoms with Crippen molar-refractivity contribution in [2.75, 3.05) is 42.6 Å². The highest BCUT2D eigenvalue weighted by Gasteiger charge is 2.23. The number of aryl methyl sites for hydroxylation is 1. The number of rotatable bonds is 11. The first-order chi connectivity index (χ1) is 16.7. The van der Waals surface area contributed by atoms with Gasteiger partial charge in [0.05, 0.1) is 24.6 Å². The van der Waals surface area contributed by atoms with Crippen molar-refractivity contribution in [3.63, 3.8) is 0 Å². The Bertz CT molecular complexity index is 1060. The number of anilines is 3. The van der Waals surface area contributed by atoms with E-state index in [0.717, 1.165) is 48.8 Å². The molecule has 0 atom stereocenters. The van der Waals surface area contributed by atoms with Crippen molar-refractivity contribution in [2.24, 2.45) is 5.73 Å². The normalized spacial score (nSPS) is 12.7. The molecule has 34 heavy (non-hydrogen) atoms. The summed E-state index contributed by atoms with van der Waals surface area (Å²) in [6.45, 7) is 8.11. The molecule has 0 spiro atoms. The van der Waals surface area contributed by atoms with Gasteiger partial charge in [0.25, 0.3) is 0 Å². The van der Waals surface area contributed by atoms with Crippen molar-refractivity contribution in [3.05, 3.63) is 60.4 Å². The van der Waals surface area contributed by atoms with Crippen molar-refractivity contribution in [1.82, 2.24) is 9.97 Å². The molecule has 1 aromatic heterocycles. The van der Waals surface area contributed by atoms with Gasteiger partial charge in [0.2, 0.25) is 5.95 Å². The molecular formula is C27H35N5O2. The fourth-order valence-corrected chi connectivity index (χ4v) is 4.26. The molecule has 3 aromatic rings. The van der Waals surface area contributed by atoms with Crippen molar-refractivity contribution in [2.45, 2.75) is 39.5 Å². The third kappa shape index (κ3) is 5.59. The van der Waals surface area contributed by atoms with Gasteiger partial charge in [0.15, 0.2) is 5.75 Å². The van der Waals surface area contributed by atoms with Crippen LogP contribution < -0.4 is 25.0 Å². The summed E-state index contributed by atoms with van der Waals surface area (Å²) in [5.74, 6) is 2.94. The molecule has 7 nitrogen and oxygen atoms in total. The summed E-state index contributed by atoms with van der Waals surface area (Å²) in [5.41, 5.74) is 9.18. The van der Waals surface area contributed by atoms with Crippen LogP contribution in [-0.4, -0.2) is 42.8 Å². The Hall–Kier alpha value is -3.32. The minimum atomic E-state index is 0.605. The Balaban J connectivity index is 1.47. The predicted molar refractivity (Wildman–Crippen MR) is 138 cm³/mol. The Morgan fingerprint density at radius 1 is 1.03 bits per heavy atom. The maximum absolute atomic E-state index is 6.10. The second-order valence-corrected chi connectivity index (χ2v) is 8.42. The van der Waals surface area contributed by atoms with Crippen LogP contribution in [0.1, 0.15) is 38.7 Å². The molecule has 0 amide bonds. The van der Waals surface area contributed by atoms with E-state index < -0.39 is 0 Å².